The molecule has 0 saturated carbocycles. The van der Waals surface area contributed by atoms with Crippen LogP contribution in [0.1, 0.15) is 38.3 Å². The lowest BCUT2D eigenvalue weighted by atomic mass is 10.1. The number of carbonyl (C=O) groups excluding carboxylic acids is 5. The highest BCUT2D eigenvalue weighted by atomic mass is 16.5. The highest BCUT2D eigenvalue weighted by molar-refractivity contribution is 6.21. The number of ether oxygens (including phenoxy) is 2. The van der Waals surface area contributed by atoms with Crippen molar-refractivity contribution in [2.75, 3.05) is 7.11 Å². The van der Waals surface area contributed by atoms with Gasteiger partial charge in [-0.3, -0.25) is 14.4 Å². The molecule has 1 aliphatic rings. The topological polar surface area (TPSA) is 122 Å². The summed E-state index contributed by atoms with van der Waals surface area (Å²) in [4.78, 5) is 64.7. The Labute approximate surface area is 218 Å². The molecular weight excluding hydrogens is 490 g/mol. The van der Waals surface area contributed by atoms with E-state index in [1.807, 2.05) is 6.07 Å². The minimum atomic E-state index is -1.43. The van der Waals surface area contributed by atoms with Crippen molar-refractivity contribution in [3.8, 4) is 0 Å². The molecule has 3 aromatic carbocycles. The van der Waals surface area contributed by atoms with Gasteiger partial charge in [0.25, 0.3) is 11.8 Å². The van der Waals surface area contributed by atoms with Crippen LogP contribution >= 0.6 is 0 Å². The maximum absolute atomic E-state index is 13.5. The summed E-state index contributed by atoms with van der Waals surface area (Å²) in [6, 6.07) is 21.5. The van der Waals surface area contributed by atoms with Crippen LogP contribution in [0, 0.1) is 0 Å². The predicted octanol–water partition coefficient (Wildman–Crippen LogP) is 3.08. The van der Waals surface area contributed by atoms with Gasteiger partial charge in [0, 0.05) is 0 Å². The Hall–Kier alpha value is -4.99. The predicted molar refractivity (Wildman–Crippen MR) is 134 cm³/mol. The number of carbonyl (C=O) groups is 5. The first-order valence-electron chi connectivity index (χ1n) is 11.8. The van der Waals surface area contributed by atoms with Crippen molar-refractivity contribution in [1.29, 1.82) is 0 Å². The molecule has 0 saturated heterocycles. The first-order valence-corrected chi connectivity index (χ1v) is 11.8. The molecule has 1 atom stereocenters. The number of imide groups is 1. The summed E-state index contributed by atoms with van der Waals surface area (Å²) in [6.07, 6.45) is -0.521. The molecule has 3 aromatic rings. The van der Waals surface area contributed by atoms with E-state index >= 15 is 0 Å². The molecule has 4 rings (SSSR count). The smallest absolute Gasteiger partial charge is 0.337 e. The molecule has 0 fully saturated rings. The SMILES string of the molecule is COC(=O)C(CC(=O)OCc1ccccc1)NC(=O)N(Cc1ccccc1)N1C(=O)c2ccccc2C1=O. The number of hydrogen-bond acceptors (Lipinski definition) is 7. The minimum Gasteiger partial charge on any atom is -0.467 e. The third kappa shape index (κ3) is 5.86. The summed E-state index contributed by atoms with van der Waals surface area (Å²) in [5.74, 6) is -3.01. The van der Waals surface area contributed by atoms with Gasteiger partial charge in [-0.15, -0.1) is 0 Å². The van der Waals surface area contributed by atoms with Gasteiger partial charge in [-0.1, -0.05) is 72.8 Å². The van der Waals surface area contributed by atoms with Crippen LogP contribution in [0.2, 0.25) is 0 Å². The van der Waals surface area contributed by atoms with Crippen molar-refractivity contribution in [3.63, 3.8) is 0 Å². The summed E-state index contributed by atoms with van der Waals surface area (Å²) in [6.45, 7) is -0.179. The lowest BCUT2D eigenvalue weighted by Crippen LogP contribution is -2.56. The summed E-state index contributed by atoms with van der Waals surface area (Å²) >= 11 is 0. The second-order valence-corrected chi connectivity index (χ2v) is 8.39. The van der Waals surface area contributed by atoms with E-state index in [2.05, 4.69) is 5.32 Å². The number of methoxy groups -OCH3 is 1. The molecule has 10 heteroatoms. The molecule has 1 N–H and O–H groups in total. The van der Waals surface area contributed by atoms with Crippen molar-refractivity contribution in [1.82, 2.24) is 15.3 Å². The van der Waals surface area contributed by atoms with Gasteiger partial charge in [-0.25, -0.2) is 14.6 Å². The largest absolute Gasteiger partial charge is 0.467 e. The van der Waals surface area contributed by atoms with Gasteiger partial charge in [-0.05, 0) is 23.3 Å². The van der Waals surface area contributed by atoms with E-state index in [9.17, 15) is 24.0 Å². The van der Waals surface area contributed by atoms with Crippen LogP contribution in [0.4, 0.5) is 4.79 Å². The number of esters is 2. The van der Waals surface area contributed by atoms with Crippen molar-refractivity contribution >= 4 is 29.8 Å². The Morgan fingerprint density at radius 1 is 0.816 bits per heavy atom. The molecule has 194 valence electrons. The monoisotopic (exact) mass is 515 g/mol. The second kappa shape index (κ2) is 11.8. The van der Waals surface area contributed by atoms with Crippen molar-refractivity contribution in [3.05, 3.63) is 107 Å². The summed E-state index contributed by atoms with van der Waals surface area (Å²) < 4.78 is 10.0. The van der Waals surface area contributed by atoms with E-state index in [0.717, 1.165) is 22.7 Å². The molecule has 0 radical (unpaired) electrons. The van der Waals surface area contributed by atoms with Crippen molar-refractivity contribution < 1.29 is 33.4 Å². The van der Waals surface area contributed by atoms with Gasteiger partial charge in [0.1, 0.15) is 12.6 Å². The van der Waals surface area contributed by atoms with Crippen molar-refractivity contribution in [2.45, 2.75) is 25.6 Å². The fraction of sp³-hybridized carbons (Fsp3) is 0.179. The average Bonchev–Trinajstić information content (AvgIpc) is 3.20. The van der Waals surface area contributed by atoms with Crippen LogP contribution in [0.3, 0.4) is 0 Å². The van der Waals surface area contributed by atoms with Crippen LogP contribution in [-0.2, 0) is 32.2 Å². The van der Waals surface area contributed by atoms with Gasteiger partial charge in [-0.2, -0.15) is 5.01 Å². The van der Waals surface area contributed by atoms with Crippen LogP contribution in [0.15, 0.2) is 84.9 Å². The normalized spacial score (nSPS) is 12.9. The number of nitrogens with zero attached hydrogens (tertiary/aromatic N) is 2. The van der Waals surface area contributed by atoms with Gasteiger partial charge in [0.05, 0.1) is 31.2 Å². The summed E-state index contributed by atoms with van der Waals surface area (Å²) in [7, 11) is 1.11. The van der Waals surface area contributed by atoms with E-state index in [-0.39, 0.29) is 24.3 Å². The molecule has 1 aliphatic heterocycles. The fourth-order valence-electron chi connectivity index (χ4n) is 3.91. The average molecular weight is 516 g/mol. The van der Waals surface area contributed by atoms with Gasteiger partial charge >= 0.3 is 18.0 Å². The highest BCUT2D eigenvalue weighted by Crippen LogP contribution is 2.25. The first kappa shape index (κ1) is 26.1. The number of urea groups is 1. The Morgan fingerprint density at radius 2 is 1.34 bits per heavy atom. The third-order valence-electron chi connectivity index (χ3n) is 5.82. The number of fused-ring (bicyclic) bond motifs is 1. The zero-order chi connectivity index (χ0) is 27.1. The number of benzene rings is 3. The minimum absolute atomic E-state index is 0.0172. The van der Waals surface area contributed by atoms with Gasteiger partial charge in [0.2, 0.25) is 0 Å². The third-order valence-corrected chi connectivity index (χ3v) is 5.82. The van der Waals surface area contributed by atoms with E-state index in [1.54, 1.807) is 66.7 Å². The van der Waals surface area contributed by atoms with E-state index in [4.69, 9.17) is 9.47 Å². The molecule has 0 aromatic heterocycles. The van der Waals surface area contributed by atoms with Crippen LogP contribution in [0.25, 0.3) is 0 Å². The molecule has 0 spiro atoms. The van der Waals surface area contributed by atoms with E-state index in [1.165, 1.54) is 12.1 Å². The lowest BCUT2D eigenvalue weighted by molar-refractivity contribution is -0.151. The van der Waals surface area contributed by atoms with E-state index < -0.39 is 42.2 Å². The van der Waals surface area contributed by atoms with Crippen LogP contribution in [-0.4, -0.2) is 53.0 Å². The lowest BCUT2D eigenvalue weighted by Gasteiger charge is -2.31. The van der Waals surface area contributed by atoms with E-state index in [0.29, 0.717) is 5.56 Å². The maximum Gasteiger partial charge on any atom is 0.337 e. The van der Waals surface area contributed by atoms with Gasteiger partial charge in [0.15, 0.2) is 0 Å². The Balaban J connectivity index is 1.54. The molecule has 1 unspecified atom stereocenters. The molecule has 10 nitrogen and oxygen atoms in total. The number of nitrogens with one attached hydrogen (secondary N) is 1. The maximum atomic E-state index is 13.5. The number of hydrogen-bond donors (Lipinski definition) is 1. The zero-order valence-electron chi connectivity index (χ0n) is 20.5. The number of amides is 4. The first-order chi connectivity index (χ1) is 18.4. The molecule has 4 amide bonds. The fourth-order valence-corrected chi connectivity index (χ4v) is 3.91. The molecular formula is C28H25N3O7. The quantitative estimate of drug-likeness (QED) is 0.343. The van der Waals surface area contributed by atoms with Crippen LogP contribution < -0.4 is 5.32 Å². The van der Waals surface area contributed by atoms with Gasteiger partial charge < -0.3 is 14.8 Å². The molecule has 38 heavy (non-hydrogen) atoms. The highest BCUT2D eigenvalue weighted by Gasteiger charge is 2.42. The summed E-state index contributed by atoms with van der Waals surface area (Å²) in [5, 5.41) is 4.07. The molecule has 0 aliphatic carbocycles. The Kier molecular flexibility index (Phi) is 8.12. The Morgan fingerprint density at radius 3 is 1.89 bits per heavy atom. The standard InChI is InChI=1S/C28H25N3O7/c1-37-27(35)23(16-24(32)38-18-20-12-6-3-7-13-20)29-28(36)30(17-19-10-4-2-5-11-19)31-25(33)21-14-8-9-15-22(21)26(31)34/h2-15,23H,16-18H2,1H3,(H,29,36). The Bertz CT molecular complexity index is 1310. The summed E-state index contributed by atoms with van der Waals surface area (Å²) in [5.41, 5.74) is 1.67. The van der Waals surface area contributed by atoms with Crippen LogP contribution in [0.5, 0.6) is 0 Å². The second-order valence-electron chi connectivity index (χ2n) is 8.39. The molecule has 1 heterocycles. The van der Waals surface area contributed by atoms with Crippen molar-refractivity contribution in [2.24, 2.45) is 0 Å². The number of rotatable bonds is 9. The zero-order valence-corrected chi connectivity index (χ0v) is 20.5. The number of hydrazine groups is 1. The molecule has 0 bridgehead atoms.